The Hall–Kier alpha value is -2.47. The van der Waals surface area contributed by atoms with Crippen LogP contribution in [-0.4, -0.2) is 24.3 Å². The highest BCUT2D eigenvalue weighted by molar-refractivity contribution is 6.33. The summed E-state index contributed by atoms with van der Waals surface area (Å²) in [4.78, 5) is 17.4. The number of halogens is 3. The Morgan fingerprint density at radius 1 is 1.24 bits per heavy atom. The third-order valence-electron chi connectivity index (χ3n) is 3.81. The molecule has 25 heavy (non-hydrogen) atoms. The number of oxime groups is 1. The number of nitrogens with zero attached hydrogens (tertiary/aromatic N) is 1. The molecule has 1 heterocycles. The Labute approximate surface area is 148 Å². The monoisotopic (exact) mass is 364 g/mol. The fraction of sp³-hybridized carbons (Fsp3) is 0.222. The van der Waals surface area contributed by atoms with E-state index < -0.39 is 17.5 Å². The number of hydrogen-bond acceptors (Lipinski definition) is 3. The molecule has 2 aromatic carbocycles. The highest BCUT2D eigenvalue weighted by Crippen LogP contribution is 2.20. The molecule has 0 radical (unpaired) electrons. The van der Waals surface area contributed by atoms with Gasteiger partial charge in [-0.1, -0.05) is 47.1 Å². The zero-order chi connectivity index (χ0) is 17.8. The highest BCUT2D eigenvalue weighted by Gasteiger charge is 2.22. The molecule has 7 heteroatoms. The Morgan fingerprint density at radius 2 is 1.96 bits per heavy atom. The molecule has 1 aliphatic rings. The summed E-state index contributed by atoms with van der Waals surface area (Å²) in [5, 5.41) is 6.41. The lowest BCUT2D eigenvalue weighted by molar-refractivity contribution is 0.0859. The number of amides is 1. The van der Waals surface area contributed by atoms with Gasteiger partial charge in [-0.3, -0.25) is 4.79 Å². The minimum atomic E-state index is -1.13. The predicted molar refractivity (Wildman–Crippen MR) is 90.8 cm³/mol. The van der Waals surface area contributed by atoms with E-state index in [1.54, 1.807) is 0 Å². The summed E-state index contributed by atoms with van der Waals surface area (Å²) in [7, 11) is 0. The van der Waals surface area contributed by atoms with Crippen LogP contribution in [0.15, 0.2) is 47.6 Å². The molecule has 4 nitrogen and oxygen atoms in total. The normalized spacial score (nSPS) is 16.3. The lowest BCUT2D eigenvalue weighted by Crippen LogP contribution is -2.30. The molecule has 0 fully saturated rings. The standard InChI is InChI=1S/C18H15ClF2N2O2/c19-15-9-17(21)16(20)8-14(15)18(24)22-10-12-7-13(25-23-12)6-11-4-2-1-3-5-11/h1-5,8-9,13H,6-7,10H2,(H,22,24). The van der Waals surface area contributed by atoms with Gasteiger partial charge in [-0.15, -0.1) is 0 Å². The van der Waals surface area contributed by atoms with Gasteiger partial charge in [0.05, 0.1) is 22.8 Å². The van der Waals surface area contributed by atoms with Gasteiger partial charge in [-0.25, -0.2) is 8.78 Å². The van der Waals surface area contributed by atoms with Crippen molar-refractivity contribution in [3.05, 3.63) is 70.2 Å². The van der Waals surface area contributed by atoms with Crippen molar-refractivity contribution in [3.63, 3.8) is 0 Å². The van der Waals surface area contributed by atoms with E-state index in [9.17, 15) is 13.6 Å². The van der Waals surface area contributed by atoms with Crippen molar-refractivity contribution >= 4 is 23.2 Å². The lowest BCUT2D eigenvalue weighted by Gasteiger charge is -2.08. The Balaban J connectivity index is 1.53. The van der Waals surface area contributed by atoms with Crippen LogP contribution in [-0.2, 0) is 11.3 Å². The maximum Gasteiger partial charge on any atom is 0.253 e. The molecule has 0 saturated carbocycles. The van der Waals surface area contributed by atoms with E-state index in [4.69, 9.17) is 16.4 Å². The van der Waals surface area contributed by atoms with Crippen molar-refractivity contribution in [1.82, 2.24) is 5.32 Å². The van der Waals surface area contributed by atoms with Crippen LogP contribution in [0.25, 0.3) is 0 Å². The second kappa shape index (κ2) is 7.61. The highest BCUT2D eigenvalue weighted by atomic mass is 35.5. The van der Waals surface area contributed by atoms with Crippen LogP contribution >= 0.6 is 11.6 Å². The van der Waals surface area contributed by atoms with Gasteiger partial charge in [0.2, 0.25) is 0 Å². The van der Waals surface area contributed by atoms with Crippen LogP contribution in [0.1, 0.15) is 22.3 Å². The van der Waals surface area contributed by atoms with Gasteiger partial charge in [0.15, 0.2) is 11.6 Å². The molecule has 1 unspecified atom stereocenters. The smallest absolute Gasteiger partial charge is 0.253 e. The minimum absolute atomic E-state index is 0.0823. The summed E-state index contributed by atoms with van der Waals surface area (Å²) in [6, 6.07) is 11.4. The van der Waals surface area contributed by atoms with Crippen molar-refractivity contribution in [1.29, 1.82) is 0 Å². The van der Waals surface area contributed by atoms with E-state index in [0.29, 0.717) is 12.1 Å². The molecular formula is C18H15ClF2N2O2. The first-order chi connectivity index (χ1) is 12.0. The number of nitrogens with one attached hydrogen (secondary N) is 1. The second-order valence-corrected chi connectivity index (χ2v) is 6.11. The van der Waals surface area contributed by atoms with Crippen LogP contribution in [0.2, 0.25) is 5.02 Å². The van der Waals surface area contributed by atoms with Crippen molar-refractivity contribution in [3.8, 4) is 0 Å². The first-order valence-electron chi connectivity index (χ1n) is 7.71. The average Bonchev–Trinajstić information content (AvgIpc) is 3.04. The molecule has 0 saturated heterocycles. The fourth-order valence-electron chi connectivity index (χ4n) is 2.55. The van der Waals surface area contributed by atoms with Crippen molar-refractivity contribution in [2.75, 3.05) is 6.54 Å². The van der Waals surface area contributed by atoms with Gasteiger partial charge in [-0.2, -0.15) is 0 Å². The van der Waals surface area contributed by atoms with E-state index in [2.05, 4.69) is 10.5 Å². The fourth-order valence-corrected chi connectivity index (χ4v) is 2.79. The maximum atomic E-state index is 13.3. The van der Waals surface area contributed by atoms with Gasteiger partial charge in [0.1, 0.15) is 6.10 Å². The first-order valence-corrected chi connectivity index (χ1v) is 8.09. The zero-order valence-corrected chi connectivity index (χ0v) is 13.9. The SMILES string of the molecule is O=C(NCC1=NOC(Cc2ccccc2)C1)c1cc(F)c(F)cc1Cl. The summed E-state index contributed by atoms with van der Waals surface area (Å²) in [6.07, 6.45) is 1.22. The third kappa shape index (κ3) is 4.33. The molecule has 1 amide bonds. The van der Waals surface area contributed by atoms with E-state index in [1.165, 1.54) is 0 Å². The molecule has 1 N–H and O–H groups in total. The molecule has 0 spiro atoms. The van der Waals surface area contributed by atoms with Crippen molar-refractivity contribution < 1.29 is 18.4 Å². The van der Waals surface area contributed by atoms with E-state index in [-0.39, 0.29) is 23.2 Å². The molecule has 0 aromatic heterocycles. The number of benzene rings is 2. The summed E-state index contributed by atoms with van der Waals surface area (Å²) >= 11 is 5.78. The topological polar surface area (TPSA) is 50.7 Å². The number of hydrogen-bond donors (Lipinski definition) is 1. The average molecular weight is 365 g/mol. The molecule has 0 aliphatic carbocycles. The van der Waals surface area contributed by atoms with Gasteiger partial charge >= 0.3 is 0 Å². The molecule has 1 atom stereocenters. The summed E-state index contributed by atoms with van der Waals surface area (Å²) in [5.41, 5.74) is 1.69. The lowest BCUT2D eigenvalue weighted by atomic mass is 10.0. The quantitative estimate of drug-likeness (QED) is 0.822. The van der Waals surface area contributed by atoms with E-state index >= 15 is 0 Å². The first kappa shape index (κ1) is 17.4. The van der Waals surface area contributed by atoms with Crippen LogP contribution < -0.4 is 5.32 Å². The predicted octanol–water partition coefficient (Wildman–Crippen LogP) is 3.74. The molecule has 2 aromatic rings. The van der Waals surface area contributed by atoms with Crippen LogP contribution in [0.3, 0.4) is 0 Å². The van der Waals surface area contributed by atoms with Crippen molar-refractivity contribution in [2.24, 2.45) is 5.16 Å². The van der Waals surface area contributed by atoms with E-state index in [0.717, 1.165) is 24.1 Å². The van der Waals surface area contributed by atoms with Gasteiger partial charge < -0.3 is 10.2 Å². The molecule has 0 bridgehead atoms. The van der Waals surface area contributed by atoms with Gasteiger partial charge in [-0.05, 0) is 17.7 Å². The number of rotatable bonds is 5. The Morgan fingerprint density at radius 3 is 2.72 bits per heavy atom. The molecule has 3 rings (SSSR count). The van der Waals surface area contributed by atoms with Crippen LogP contribution in [0.4, 0.5) is 8.78 Å². The van der Waals surface area contributed by atoms with Gasteiger partial charge in [0, 0.05) is 12.8 Å². The number of carbonyl (C=O) groups is 1. The zero-order valence-electron chi connectivity index (χ0n) is 13.1. The number of carbonyl (C=O) groups excluding carboxylic acids is 1. The third-order valence-corrected chi connectivity index (χ3v) is 4.12. The summed E-state index contributed by atoms with van der Waals surface area (Å²) < 4.78 is 26.3. The van der Waals surface area contributed by atoms with E-state index in [1.807, 2.05) is 30.3 Å². The Kier molecular flexibility index (Phi) is 5.28. The minimum Gasteiger partial charge on any atom is -0.392 e. The molecular weight excluding hydrogens is 350 g/mol. The second-order valence-electron chi connectivity index (χ2n) is 5.71. The Bertz CT molecular complexity index is 812. The molecule has 1 aliphatic heterocycles. The van der Waals surface area contributed by atoms with Crippen molar-refractivity contribution in [2.45, 2.75) is 18.9 Å². The largest absolute Gasteiger partial charge is 0.392 e. The molecule has 130 valence electrons. The van der Waals surface area contributed by atoms with Gasteiger partial charge in [0.25, 0.3) is 5.91 Å². The maximum absolute atomic E-state index is 13.3. The summed E-state index contributed by atoms with van der Waals surface area (Å²) in [5.74, 6) is -2.82. The van der Waals surface area contributed by atoms with Crippen LogP contribution in [0, 0.1) is 11.6 Å². The van der Waals surface area contributed by atoms with Crippen LogP contribution in [0.5, 0.6) is 0 Å². The summed E-state index contributed by atoms with van der Waals surface area (Å²) in [6.45, 7) is 0.152.